The maximum absolute atomic E-state index is 13.5. The van der Waals surface area contributed by atoms with Gasteiger partial charge in [-0.05, 0) is 36.4 Å². The van der Waals surface area contributed by atoms with Crippen LogP contribution in [0.3, 0.4) is 0 Å². The molecule has 3 nitrogen and oxygen atoms in total. The molecule has 0 aliphatic rings. The van der Waals surface area contributed by atoms with Crippen molar-refractivity contribution >= 4 is 17.5 Å². The molecule has 0 aromatic heterocycles. The lowest BCUT2D eigenvalue weighted by Crippen LogP contribution is -2.23. The summed E-state index contributed by atoms with van der Waals surface area (Å²) in [5.41, 5.74) is 0.753. The third-order valence-corrected chi connectivity index (χ3v) is 2.82. The van der Waals surface area contributed by atoms with Crippen LogP contribution in [-0.4, -0.2) is 11.0 Å². The average molecular weight is 280 g/mol. The summed E-state index contributed by atoms with van der Waals surface area (Å²) in [6.07, 6.45) is 0. The highest BCUT2D eigenvalue weighted by Gasteiger charge is 2.07. The zero-order chi connectivity index (χ0) is 13.8. The van der Waals surface area contributed by atoms with Gasteiger partial charge in [0.05, 0.1) is 0 Å². The van der Waals surface area contributed by atoms with Gasteiger partial charge < -0.3 is 10.4 Å². The summed E-state index contributed by atoms with van der Waals surface area (Å²) in [4.78, 5) is 11.8. The number of rotatable bonds is 3. The summed E-state index contributed by atoms with van der Waals surface area (Å²) in [5.74, 6) is -0.715. The molecule has 0 atom stereocenters. The summed E-state index contributed by atoms with van der Waals surface area (Å²) < 4.78 is 13.5. The predicted octanol–water partition coefficient (Wildman–Crippen LogP) is 3.11. The third-order valence-electron chi connectivity index (χ3n) is 2.58. The van der Waals surface area contributed by atoms with E-state index in [0.29, 0.717) is 16.1 Å². The summed E-state index contributed by atoms with van der Waals surface area (Å²) in [6.45, 7) is 0.0721. The Morgan fingerprint density at radius 3 is 2.53 bits per heavy atom. The molecule has 1 amide bonds. The number of nitrogens with one attached hydrogen (secondary N) is 1. The lowest BCUT2D eigenvalue weighted by molar-refractivity contribution is 0.0950. The second kappa shape index (κ2) is 5.71. The number of phenolic OH excluding ortho intramolecular Hbond substituents is 1. The monoisotopic (exact) mass is 279 g/mol. The van der Waals surface area contributed by atoms with E-state index in [4.69, 9.17) is 16.7 Å². The van der Waals surface area contributed by atoms with Crippen LogP contribution in [0.25, 0.3) is 0 Å². The molecule has 0 aliphatic carbocycles. The molecule has 0 bridgehead atoms. The van der Waals surface area contributed by atoms with Crippen LogP contribution >= 0.6 is 11.6 Å². The maximum atomic E-state index is 13.5. The van der Waals surface area contributed by atoms with E-state index in [1.807, 2.05) is 0 Å². The first kappa shape index (κ1) is 13.4. The van der Waals surface area contributed by atoms with E-state index in [9.17, 15) is 9.18 Å². The average Bonchev–Trinajstić information content (AvgIpc) is 2.38. The molecule has 0 saturated carbocycles. The minimum Gasteiger partial charge on any atom is -0.508 e. The molecule has 2 rings (SSSR count). The fraction of sp³-hybridized carbons (Fsp3) is 0.0714. The van der Waals surface area contributed by atoms with Crippen LogP contribution in [0, 0.1) is 5.82 Å². The molecule has 0 aliphatic heterocycles. The zero-order valence-electron chi connectivity index (χ0n) is 9.86. The van der Waals surface area contributed by atoms with Crippen molar-refractivity contribution in [2.75, 3.05) is 0 Å². The number of carbonyl (C=O) groups excluding carboxylic acids is 1. The molecular weight excluding hydrogens is 269 g/mol. The van der Waals surface area contributed by atoms with E-state index >= 15 is 0 Å². The molecule has 0 spiro atoms. The van der Waals surface area contributed by atoms with E-state index in [-0.39, 0.29) is 18.2 Å². The first-order chi connectivity index (χ1) is 9.06. The largest absolute Gasteiger partial charge is 0.508 e. The van der Waals surface area contributed by atoms with Crippen molar-refractivity contribution in [3.8, 4) is 5.75 Å². The van der Waals surface area contributed by atoms with Crippen LogP contribution in [0.2, 0.25) is 5.02 Å². The van der Waals surface area contributed by atoms with E-state index in [1.54, 1.807) is 6.07 Å². The van der Waals surface area contributed by atoms with Crippen LogP contribution in [-0.2, 0) is 6.54 Å². The van der Waals surface area contributed by atoms with Gasteiger partial charge in [0.2, 0.25) is 0 Å². The second-order valence-corrected chi connectivity index (χ2v) is 4.40. The Kier molecular flexibility index (Phi) is 4.02. The summed E-state index contributed by atoms with van der Waals surface area (Å²) in [7, 11) is 0. The fourth-order valence-corrected chi connectivity index (χ4v) is 1.71. The molecule has 2 aromatic carbocycles. The second-order valence-electron chi connectivity index (χ2n) is 3.97. The summed E-state index contributed by atoms with van der Waals surface area (Å²) in [5, 5.41) is 12.0. The molecule has 19 heavy (non-hydrogen) atoms. The Hall–Kier alpha value is -2.07. The topological polar surface area (TPSA) is 49.3 Å². The van der Waals surface area contributed by atoms with Crippen molar-refractivity contribution in [2.24, 2.45) is 0 Å². The molecule has 2 aromatic rings. The normalized spacial score (nSPS) is 10.2. The minimum absolute atomic E-state index is 0.0721. The highest BCUT2D eigenvalue weighted by atomic mass is 35.5. The smallest absolute Gasteiger partial charge is 0.251 e. The van der Waals surface area contributed by atoms with Gasteiger partial charge in [-0.1, -0.05) is 17.7 Å². The predicted molar refractivity (Wildman–Crippen MR) is 70.7 cm³/mol. The van der Waals surface area contributed by atoms with Gasteiger partial charge >= 0.3 is 0 Å². The van der Waals surface area contributed by atoms with Crippen molar-refractivity contribution < 1.29 is 14.3 Å². The van der Waals surface area contributed by atoms with Gasteiger partial charge in [0, 0.05) is 22.7 Å². The van der Waals surface area contributed by atoms with Gasteiger partial charge in [-0.15, -0.1) is 0 Å². The maximum Gasteiger partial charge on any atom is 0.251 e. The summed E-state index contributed by atoms with van der Waals surface area (Å²) in [6, 6.07) is 10.1. The van der Waals surface area contributed by atoms with E-state index in [2.05, 4.69) is 5.32 Å². The summed E-state index contributed by atoms with van der Waals surface area (Å²) >= 11 is 5.64. The molecular formula is C14H11ClFNO2. The number of phenols is 1. The van der Waals surface area contributed by atoms with Crippen molar-refractivity contribution in [3.63, 3.8) is 0 Å². The van der Waals surface area contributed by atoms with Gasteiger partial charge in [-0.2, -0.15) is 0 Å². The quantitative estimate of drug-likeness (QED) is 0.907. The van der Waals surface area contributed by atoms with Crippen LogP contribution in [0.15, 0.2) is 42.5 Å². The molecule has 2 N–H and O–H groups in total. The molecule has 98 valence electrons. The Labute approximate surface area is 114 Å². The Balaban J connectivity index is 2.02. The van der Waals surface area contributed by atoms with Gasteiger partial charge in [0.1, 0.15) is 11.6 Å². The number of halogens is 2. The Morgan fingerprint density at radius 1 is 1.21 bits per heavy atom. The van der Waals surface area contributed by atoms with Gasteiger partial charge in [0.15, 0.2) is 0 Å². The van der Waals surface area contributed by atoms with Gasteiger partial charge in [0.25, 0.3) is 5.91 Å². The Morgan fingerprint density at radius 2 is 1.89 bits per heavy atom. The van der Waals surface area contributed by atoms with Crippen LogP contribution in [0.1, 0.15) is 15.9 Å². The highest BCUT2D eigenvalue weighted by Crippen LogP contribution is 2.15. The number of hydrogen-bond acceptors (Lipinski definition) is 2. The standard InChI is InChI=1S/C14H11ClFNO2/c15-11-4-1-10(13(16)7-11)8-17-14(19)9-2-5-12(18)6-3-9/h1-7,18H,8H2,(H,17,19). The number of aromatic hydroxyl groups is 1. The van der Waals surface area contributed by atoms with Crippen LogP contribution < -0.4 is 5.32 Å². The van der Waals surface area contributed by atoms with Crippen molar-refractivity contribution in [1.29, 1.82) is 0 Å². The van der Waals surface area contributed by atoms with Gasteiger partial charge in [-0.3, -0.25) is 4.79 Å². The first-order valence-electron chi connectivity index (χ1n) is 5.57. The lowest BCUT2D eigenvalue weighted by Gasteiger charge is -2.06. The van der Waals surface area contributed by atoms with E-state index in [0.717, 1.165) is 0 Å². The lowest BCUT2D eigenvalue weighted by atomic mass is 10.2. The van der Waals surface area contributed by atoms with E-state index < -0.39 is 5.82 Å². The number of carbonyl (C=O) groups is 1. The third kappa shape index (κ3) is 3.45. The molecule has 0 fully saturated rings. The van der Waals surface area contributed by atoms with Crippen molar-refractivity contribution in [3.05, 3.63) is 64.4 Å². The van der Waals surface area contributed by atoms with Crippen molar-refractivity contribution in [2.45, 2.75) is 6.54 Å². The molecule has 0 radical (unpaired) electrons. The van der Waals surface area contributed by atoms with Gasteiger partial charge in [-0.25, -0.2) is 4.39 Å². The number of amides is 1. The number of hydrogen-bond donors (Lipinski definition) is 2. The van der Waals surface area contributed by atoms with Crippen LogP contribution in [0.4, 0.5) is 4.39 Å². The van der Waals surface area contributed by atoms with Crippen molar-refractivity contribution in [1.82, 2.24) is 5.32 Å². The number of benzene rings is 2. The fourth-order valence-electron chi connectivity index (χ4n) is 1.56. The Bertz CT molecular complexity index is 599. The molecule has 0 saturated heterocycles. The molecule has 5 heteroatoms. The van der Waals surface area contributed by atoms with Crippen LogP contribution in [0.5, 0.6) is 5.75 Å². The first-order valence-corrected chi connectivity index (χ1v) is 5.95. The highest BCUT2D eigenvalue weighted by molar-refractivity contribution is 6.30. The SMILES string of the molecule is O=C(NCc1ccc(Cl)cc1F)c1ccc(O)cc1. The molecule has 0 unspecified atom stereocenters. The van der Waals surface area contributed by atoms with E-state index in [1.165, 1.54) is 36.4 Å². The minimum atomic E-state index is -0.460. The molecule has 0 heterocycles. The zero-order valence-corrected chi connectivity index (χ0v) is 10.6.